The lowest BCUT2D eigenvalue weighted by Gasteiger charge is -2.11. The van der Waals surface area contributed by atoms with Crippen molar-refractivity contribution in [2.75, 3.05) is 0 Å². The van der Waals surface area contributed by atoms with Crippen molar-refractivity contribution in [2.45, 2.75) is 20.0 Å². The second-order valence-electron chi connectivity index (χ2n) is 3.14. The van der Waals surface area contributed by atoms with Crippen LogP contribution in [-0.4, -0.2) is 6.10 Å². The molecule has 0 spiro atoms. The maximum absolute atomic E-state index is 5.59. The summed E-state index contributed by atoms with van der Waals surface area (Å²) in [6.45, 7) is 3.95. The Morgan fingerprint density at radius 3 is 2.50 bits per heavy atom. The van der Waals surface area contributed by atoms with Gasteiger partial charge in [-0.15, -0.1) is 0 Å². The summed E-state index contributed by atoms with van der Waals surface area (Å²) in [5.41, 5.74) is 0.890. The minimum absolute atomic E-state index is 0.138. The molecule has 0 aliphatic heterocycles. The predicted octanol–water partition coefficient (Wildman–Crippen LogP) is 4.25. The maximum atomic E-state index is 5.59. The lowest BCUT2D eigenvalue weighted by Crippen LogP contribution is -2.06. The first-order valence-electron chi connectivity index (χ1n) is 4.38. The molecule has 1 aromatic rings. The molecule has 3 heteroatoms. The Balaban J connectivity index is 2.97. The van der Waals surface area contributed by atoms with Crippen molar-refractivity contribution < 1.29 is 4.74 Å². The fourth-order valence-electron chi connectivity index (χ4n) is 1.08. The highest BCUT2D eigenvalue weighted by molar-refractivity contribution is 6.57. The molecule has 0 heterocycles. The first kappa shape index (κ1) is 11.4. The lowest BCUT2D eigenvalue weighted by molar-refractivity contribution is 0.242. The zero-order valence-corrected chi connectivity index (χ0v) is 9.64. The largest absolute Gasteiger partial charge is 0.490 e. The normalized spacial score (nSPS) is 10.1. The Kier molecular flexibility index (Phi) is 4.30. The van der Waals surface area contributed by atoms with Crippen LogP contribution in [0.2, 0.25) is 0 Å². The van der Waals surface area contributed by atoms with E-state index in [1.807, 2.05) is 38.1 Å². The number of halogens is 2. The summed E-state index contributed by atoms with van der Waals surface area (Å²) in [5, 5.41) is 0. The van der Waals surface area contributed by atoms with Gasteiger partial charge in [-0.1, -0.05) is 41.4 Å². The first-order valence-corrected chi connectivity index (χ1v) is 5.13. The minimum atomic E-state index is 0.138. The average Bonchev–Trinajstić information content (AvgIpc) is 2.06. The van der Waals surface area contributed by atoms with Crippen LogP contribution < -0.4 is 4.74 Å². The van der Waals surface area contributed by atoms with Crippen LogP contribution in [0.4, 0.5) is 0 Å². The molecule has 0 saturated heterocycles. The van der Waals surface area contributed by atoms with Gasteiger partial charge in [-0.2, -0.15) is 0 Å². The summed E-state index contributed by atoms with van der Waals surface area (Å²) in [6, 6.07) is 7.62. The zero-order chi connectivity index (χ0) is 10.6. The monoisotopic (exact) mass is 230 g/mol. The smallest absolute Gasteiger partial charge is 0.126 e. The van der Waals surface area contributed by atoms with Gasteiger partial charge in [0.2, 0.25) is 0 Å². The third-order valence-electron chi connectivity index (χ3n) is 1.55. The van der Waals surface area contributed by atoms with E-state index in [0.29, 0.717) is 0 Å². The van der Waals surface area contributed by atoms with Crippen LogP contribution in [0.15, 0.2) is 28.8 Å². The summed E-state index contributed by atoms with van der Waals surface area (Å²) < 4.78 is 5.81. The third kappa shape index (κ3) is 3.60. The van der Waals surface area contributed by atoms with Crippen molar-refractivity contribution in [1.82, 2.24) is 0 Å². The van der Waals surface area contributed by atoms with Gasteiger partial charge in [-0.25, -0.2) is 0 Å². The molecule has 0 radical (unpaired) electrons. The molecule has 0 aliphatic carbocycles. The Morgan fingerprint density at radius 1 is 1.29 bits per heavy atom. The number of rotatable bonds is 3. The van der Waals surface area contributed by atoms with Crippen LogP contribution in [0.3, 0.4) is 0 Å². The molecule has 0 N–H and O–H groups in total. The van der Waals surface area contributed by atoms with E-state index in [0.717, 1.165) is 11.3 Å². The van der Waals surface area contributed by atoms with Crippen molar-refractivity contribution in [3.05, 3.63) is 34.3 Å². The van der Waals surface area contributed by atoms with Gasteiger partial charge in [0.25, 0.3) is 0 Å². The number of para-hydroxylation sites is 1. The molecule has 14 heavy (non-hydrogen) atoms. The van der Waals surface area contributed by atoms with Crippen LogP contribution >= 0.6 is 23.2 Å². The number of benzene rings is 1. The Hall–Kier alpha value is -0.660. The van der Waals surface area contributed by atoms with Gasteiger partial charge in [-0.05, 0) is 26.0 Å². The van der Waals surface area contributed by atoms with Gasteiger partial charge in [0.15, 0.2) is 0 Å². The van der Waals surface area contributed by atoms with E-state index in [2.05, 4.69) is 0 Å². The molecular formula is C11H12Cl2O. The molecular weight excluding hydrogens is 219 g/mol. The van der Waals surface area contributed by atoms with Crippen molar-refractivity contribution in [1.29, 1.82) is 0 Å². The van der Waals surface area contributed by atoms with Crippen molar-refractivity contribution >= 4 is 29.3 Å². The summed E-state index contributed by atoms with van der Waals surface area (Å²) in [7, 11) is 0. The predicted molar refractivity (Wildman–Crippen MR) is 61.9 cm³/mol. The van der Waals surface area contributed by atoms with Gasteiger partial charge in [0.1, 0.15) is 10.2 Å². The zero-order valence-electron chi connectivity index (χ0n) is 8.13. The highest BCUT2D eigenvalue weighted by atomic mass is 35.5. The van der Waals surface area contributed by atoms with Gasteiger partial charge < -0.3 is 4.74 Å². The minimum Gasteiger partial charge on any atom is -0.490 e. The Labute approximate surface area is 94.3 Å². The lowest BCUT2D eigenvalue weighted by atomic mass is 10.2. The van der Waals surface area contributed by atoms with E-state index in [1.54, 1.807) is 6.08 Å². The summed E-state index contributed by atoms with van der Waals surface area (Å²) >= 11 is 11.2. The van der Waals surface area contributed by atoms with Crippen molar-refractivity contribution in [3.8, 4) is 5.75 Å². The van der Waals surface area contributed by atoms with Gasteiger partial charge in [0, 0.05) is 5.56 Å². The molecule has 0 bridgehead atoms. The van der Waals surface area contributed by atoms with E-state index in [9.17, 15) is 0 Å². The standard InChI is InChI=1S/C11H12Cl2O/c1-8(2)14-10-6-4-3-5-9(10)7-11(12)13/h3-8H,1-2H3. The second kappa shape index (κ2) is 5.28. The van der Waals surface area contributed by atoms with Crippen molar-refractivity contribution in [3.63, 3.8) is 0 Å². The Bertz CT molecular complexity index is 328. The molecule has 1 nitrogen and oxygen atoms in total. The highest BCUT2D eigenvalue weighted by Gasteiger charge is 2.02. The topological polar surface area (TPSA) is 9.23 Å². The molecule has 0 saturated carbocycles. The summed E-state index contributed by atoms with van der Waals surface area (Å²) in [6.07, 6.45) is 1.81. The van der Waals surface area contributed by atoms with E-state index < -0.39 is 0 Å². The summed E-state index contributed by atoms with van der Waals surface area (Å²) in [4.78, 5) is 0. The average molecular weight is 231 g/mol. The van der Waals surface area contributed by atoms with E-state index >= 15 is 0 Å². The Morgan fingerprint density at radius 2 is 1.93 bits per heavy atom. The van der Waals surface area contributed by atoms with Crippen LogP contribution in [0, 0.1) is 0 Å². The van der Waals surface area contributed by atoms with Crippen LogP contribution in [0.25, 0.3) is 6.08 Å². The second-order valence-corrected chi connectivity index (χ2v) is 4.15. The molecule has 76 valence electrons. The van der Waals surface area contributed by atoms with Gasteiger partial charge >= 0.3 is 0 Å². The molecule has 0 aromatic heterocycles. The van der Waals surface area contributed by atoms with E-state index in [1.165, 1.54) is 0 Å². The summed E-state index contributed by atoms with van der Waals surface area (Å²) in [5.74, 6) is 0.793. The highest BCUT2D eigenvalue weighted by Crippen LogP contribution is 2.24. The van der Waals surface area contributed by atoms with Crippen molar-refractivity contribution in [2.24, 2.45) is 0 Å². The van der Waals surface area contributed by atoms with E-state index in [4.69, 9.17) is 27.9 Å². The molecule has 0 amide bonds. The number of hydrogen-bond acceptors (Lipinski definition) is 1. The van der Waals surface area contributed by atoms with Crippen LogP contribution in [-0.2, 0) is 0 Å². The maximum Gasteiger partial charge on any atom is 0.126 e. The fraction of sp³-hybridized carbons (Fsp3) is 0.273. The third-order valence-corrected chi connectivity index (χ3v) is 1.76. The molecule has 1 rings (SSSR count). The fourth-order valence-corrected chi connectivity index (χ4v) is 1.31. The molecule has 0 fully saturated rings. The molecule has 1 aromatic carbocycles. The molecule has 0 atom stereocenters. The van der Waals surface area contributed by atoms with Crippen LogP contribution in [0.1, 0.15) is 19.4 Å². The van der Waals surface area contributed by atoms with Gasteiger partial charge in [-0.3, -0.25) is 0 Å². The molecule has 0 unspecified atom stereocenters. The van der Waals surface area contributed by atoms with Crippen LogP contribution in [0.5, 0.6) is 5.75 Å². The quantitative estimate of drug-likeness (QED) is 0.755. The number of hydrogen-bond donors (Lipinski definition) is 0. The molecule has 0 aliphatic rings. The van der Waals surface area contributed by atoms with Gasteiger partial charge in [0.05, 0.1) is 6.10 Å². The first-order chi connectivity index (χ1) is 6.59. The number of ether oxygens (including phenoxy) is 1. The van der Waals surface area contributed by atoms with E-state index in [-0.39, 0.29) is 10.6 Å². The SMILES string of the molecule is CC(C)Oc1ccccc1C=C(Cl)Cl.